The summed E-state index contributed by atoms with van der Waals surface area (Å²) in [5, 5.41) is 1.10. The van der Waals surface area contributed by atoms with E-state index in [1.165, 1.54) is 12.1 Å². The van der Waals surface area contributed by atoms with Crippen LogP contribution in [0.15, 0.2) is 52.5 Å². The van der Waals surface area contributed by atoms with E-state index in [0.717, 1.165) is 38.5 Å². The van der Waals surface area contributed by atoms with E-state index in [1.54, 1.807) is 12.1 Å². The minimum atomic E-state index is -0.273. The molecule has 4 heteroatoms. The number of carbonyl (C=O) groups excluding carboxylic acids is 1. The summed E-state index contributed by atoms with van der Waals surface area (Å²) in [7, 11) is 0. The Bertz CT molecular complexity index is 953. The molecule has 0 saturated carbocycles. The molecule has 0 saturated heterocycles. The summed E-state index contributed by atoms with van der Waals surface area (Å²) in [5.41, 5.74) is 4.35. The third-order valence-electron chi connectivity index (χ3n) is 4.24. The van der Waals surface area contributed by atoms with Crippen LogP contribution in [0.25, 0.3) is 17.0 Å². The van der Waals surface area contributed by atoms with Crippen molar-refractivity contribution in [2.24, 2.45) is 0 Å². The number of aromatic amines is 1. The smallest absolute Gasteiger partial charge is 0.205 e. The molecular formula is C19H13BrFNO. The van der Waals surface area contributed by atoms with Gasteiger partial charge in [-0.1, -0.05) is 28.1 Å². The zero-order valence-electron chi connectivity index (χ0n) is 12.2. The highest BCUT2D eigenvalue weighted by Crippen LogP contribution is 2.33. The van der Waals surface area contributed by atoms with E-state index in [0.29, 0.717) is 12.1 Å². The number of fused-ring (bicyclic) bond motifs is 3. The SMILES string of the molecule is O=C1/C(=C/c2ccc(F)cc2)CCc2c1[nH]c1ccc(Br)cc21. The van der Waals surface area contributed by atoms with E-state index in [1.807, 2.05) is 24.3 Å². The summed E-state index contributed by atoms with van der Waals surface area (Å²) >= 11 is 3.48. The standard InChI is InChI=1S/C19H13BrFNO/c20-13-4-8-17-16(10-13)15-7-3-12(19(23)18(15)22-17)9-11-1-5-14(21)6-2-11/h1-2,4-6,8-10,22H,3,7H2/b12-9+. The molecule has 1 N–H and O–H groups in total. The predicted octanol–water partition coefficient (Wildman–Crippen LogP) is 5.28. The van der Waals surface area contributed by atoms with Gasteiger partial charge in [0.15, 0.2) is 0 Å². The van der Waals surface area contributed by atoms with Crippen molar-refractivity contribution in [1.29, 1.82) is 0 Å². The quantitative estimate of drug-likeness (QED) is 0.581. The average molecular weight is 370 g/mol. The molecule has 1 heterocycles. The summed E-state index contributed by atoms with van der Waals surface area (Å²) < 4.78 is 14.0. The fourth-order valence-electron chi connectivity index (χ4n) is 3.11. The van der Waals surface area contributed by atoms with E-state index in [2.05, 4.69) is 20.9 Å². The minimum absolute atomic E-state index is 0.0305. The molecule has 23 heavy (non-hydrogen) atoms. The Labute approximate surface area is 141 Å². The lowest BCUT2D eigenvalue weighted by Gasteiger charge is -2.14. The molecule has 0 unspecified atom stereocenters. The predicted molar refractivity (Wildman–Crippen MR) is 93.0 cm³/mol. The Hall–Kier alpha value is -2.20. The number of benzene rings is 2. The van der Waals surface area contributed by atoms with E-state index in [4.69, 9.17) is 0 Å². The molecule has 0 radical (unpaired) electrons. The van der Waals surface area contributed by atoms with Gasteiger partial charge in [-0.25, -0.2) is 4.39 Å². The highest BCUT2D eigenvalue weighted by atomic mass is 79.9. The molecule has 0 amide bonds. The molecule has 2 nitrogen and oxygen atoms in total. The van der Waals surface area contributed by atoms with Crippen molar-refractivity contribution in [1.82, 2.24) is 4.98 Å². The minimum Gasteiger partial charge on any atom is -0.352 e. The first kappa shape index (κ1) is 14.4. The molecule has 1 aliphatic carbocycles. The van der Waals surface area contributed by atoms with Crippen LogP contribution in [0.2, 0.25) is 0 Å². The van der Waals surface area contributed by atoms with Gasteiger partial charge in [-0.05, 0) is 60.4 Å². The Morgan fingerprint density at radius 1 is 1.09 bits per heavy atom. The lowest BCUT2D eigenvalue weighted by molar-refractivity contribution is 0.102. The third kappa shape index (κ3) is 2.53. The second kappa shape index (κ2) is 5.46. The molecule has 0 fully saturated rings. The van der Waals surface area contributed by atoms with Gasteiger partial charge in [-0.15, -0.1) is 0 Å². The molecule has 0 spiro atoms. The number of carbonyl (C=O) groups is 1. The van der Waals surface area contributed by atoms with Crippen molar-refractivity contribution < 1.29 is 9.18 Å². The van der Waals surface area contributed by atoms with Crippen LogP contribution in [-0.4, -0.2) is 10.8 Å². The zero-order valence-corrected chi connectivity index (χ0v) is 13.8. The van der Waals surface area contributed by atoms with Crippen molar-refractivity contribution in [2.75, 3.05) is 0 Å². The van der Waals surface area contributed by atoms with Gasteiger partial charge >= 0.3 is 0 Å². The fraction of sp³-hybridized carbons (Fsp3) is 0.105. The van der Waals surface area contributed by atoms with E-state index < -0.39 is 0 Å². The number of Topliss-reactive ketones (excluding diaryl/α,β-unsaturated/α-hetero) is 1. The number of rotatable bonds is 1. The normalized spacial score (nSPS) is 16.1. The highest BCUT2D eigenvalue weighted by molar-refractivity contribution is 9.10. The van der Waals surface area contributed by atoms with Crippen molar-refractivity contribution >= 4 is 38.7 Å². The van der Waals surface area contributed by atoms with Gasteiger partial charge in [0.2, 0.25) is 5.78 Å². The van der Waals surface area contributed by atoms with Gasteiger partial charge in [-0.3, -0.25) is 4.79 Å². The van der Waals surface area contributed by atoms with E-state index in [9.17, 15) is 9.18 Å². The molecular weight excluding hydrogens is 357 g/mol. The van der Waals surface area contributed by atoms with Gasteiger partial charge < -0.3 is 4.98 Å². The Kier molecular flexibility index (Phi) is 3.42. The van der Waals surface area contributed by atoms with Crippen LogP contribution in [0.5, 0.6) is 0 Å². The number of ketones is 1. The number of aromatic nitrogens is 1. The van der Waals surface area contributed by atoms with Crippen LogP contribution in [0, 0.1) is 5.82 Å². The van der Waals surface area contributed by atoms with Crippen LogP contribution >= 0.6 is 15.9 Å². The molecule has 4 rings (SSSR count). The van der Waals surface area contributed by atoms with Crippen molar-refractivity contribution in [3.63, 3.8) is 0 Å². The Balaban J connectivity index is 1.77. The molecule has 114 valence electrons. The second-order valence-electron chi connectivity index (χ2n) is 5.72. The molecule has 0 aliphatic heterocycles. The molecule has 2 aromatic carbocycles. The Morgan fingerprint density at radius 2 is 1.87 bits per heavy atom. The van der Waals surface area contributed by atoms with E-state index >= 15 is 0 Å². The fourth-order valence-corrected chi connectivity index (χ4v) is 3.47. The number of allylic oxidation sites excluding steroid dienone is 1. The lowest BCUT2D eigenvalue weighted by atomic mass is 9.89. The van der Waals surface area contributed by atoms with Crippen LogP contribution in [0.3, 0.4) is 0 Å². The number of hydrogen-bond donors (Lipinski definition) is 1. The summed E-state index contributed by atoms with van der Waals surface area (Å²) in [5.74, 6) is -0.242. The van der Waals surface area contributed by atoms with Gasteiger partial charge in [0.1, 0.15) is 5.82 Å². The maximum absolute atomic E-state index is 13.0. The summed E-state index contributed by atoms with van der Waals surface area (Å²) in [6.45, 7) is 0. The topological polar surface area (TPSA) is 32.9 Å². The van der Waals surface area contributed by atoms with Crippen molar-refractivity contribution in [3.8, 4) is 0 Å². The number of nitrogens with one attached hydrogen (secondary N) is 1. The molecule has 0 bridgehead atoms. The van der Waals surface area contributed by atoms with Crippen LogP contribution in [0.1, 0.15) is 28.0 Å². The first-order valence-corrected chi connectivity index (χ1v) is 8.22. The number of aryl methyl sites for hydroxylation is 1. The monoisotopic (exact) mass is 369 g/mol. The van der Waals surface area contributed by atoms with E-state index in [-0.39, 0.29) is 11.6 Å². The number of halogens is 2. The third-order valence-corrected chi connectivity index (χ3v) is 4.74. The maximum Gasteiger partial charge on any atom is 0.205 e. The molecule has 1 aliphatic rings. The highest BCUT2D eigenvalue weighted by Gasteiger charge is 2.25. The van der Waals surface area contributed by atoms with Gasteiger partial charge in [0, 0.05) is 20.9 Å². The second-order valence-corrected chi connectivity index (χ2v) is 6.63. The first-order chi connectivity index (χ1) is 11.1. The van der Waals surface area contributed by atoms with Gasteiger partial charge in [0.05, 0.1) is 5.69 Å². The Morgan fingerprint density at radius 3 is 2.65 bits per heavy atom. The van der Waals surface area contributed by atoms with Crippen LogP contribution in [0.4, 0.5) is 4.39 Å². The summed E-state index contributed by atoms with van der Waals surface area (Å²) in [6, 6.07) is 12.2. The number of H-pyrrole nitrogens is 1. The molecule has 1 aromatic heterocycles. The average Bonchev–Trinajstić information content (AvgIpc) is 2.91. The van der Waals surface area contributed by atoms with Crippen molar-refractivity contribution in [2.45, 2.75) is 12.8 Å². The number of hydrogen-bond acceptors (Lipinski definition) is 1. The van der Waals surface area contributed by atoms with Crippen LogP contribution < -0.4 is 0 Å². The largest absolute Gasteiger partial charge is 0.352 e. The summed E-state index contributed by atoms with van der Waals surface area (Å²) in [6.07, 6.45) is 3.37. The van der Waals surface area contributed by atoms with Gasteiger partial charge in [-0.2, -0.15) is 0 Å². The van der Waals surface area contributed by atoms with Gasteiger partial charge in [0.25, 0.3) is 0 Å². The zero-order chi connectivity index (χ0) is 16.0. The maximum atomic E-state index is 13.0. The molecule has 0 atom stereocenters. The first-order valence-electron chi connectivity index (χ1n) is 7.43. The summed E-state index contributed by atoms with van der Waals surface area (Å²) in [4.78, 5) is 16.0. The lowest BCUT2D eigenvalue weighted by Crippen LogP contribution is -2.13. The van der Waals surface area contributed by atoms with Crippen LogP contribution in [-0.2, 0) is 6.42 Å². The molecule has 3 aromatic rings. The van der Waals surface area contributed by atoms with Crippen molar-refractivity contribution in [3.05, 3.63) is 75.1 Å².